The zero-order valence-electron chi connectivity index (χ0n) is 8.33. The molecule has 1 aromatic carbocycles. The van der Waals surface area contributed by atoms with Crippen LogP contribution in [0.3, 0.4) is 0 Å². The third-order valence-electron chi connectivity index (χ3n) is 2.94. The van der Waals surface area contributed by atoms with Crippen LogP contribution in [0.5, 0.6) is 0 Å². The fraction of sp³-hybridized carbons (Fsp3) is 0.455. The van der Waals surface area contributed by atoms with Crippen molar-refractivity contribution in [1.29, 1.82) is 0 Å². The van der Waals surface area contributed by atoms with E-state index in [-0.39, 0.29) is 5.82 Å². The largest absolute Gasteiger partial charge is 0.329 e. The van der Waals surface area contributed by atoms with Crippen LogP contribution in [0.2, 0.25) is 0 Å². The Labute approximate surface area is 83.5 Å². The second kappa shape index (κ2) is 3.67. The monoisotopic (exact) mass is 194 g/mol. The van der Waals surface area contributed by atoms with Crippen LogP contribution in [-0.4, -0.2) is 24.5 Å². The first kappa shape index (κ1) is 9.62. The van der Waals surface area contributed by atoms with Crippen molar-refractivity contribution >= 4 is 0 Å². The molecule has 1 aliphatic rings. The number of rotatable bonds is 1. The van der Waals surface area contributed by atoms with E-state index < -0.39 is 0 Å². The van der Waals surface area contributed by atoms with Gasteiger partial charge in [0.05, 0.1) is 0 Å². The van der Waals surface area contributed by atoms with Gasteiger partial charge in [-0.25, -0.2) is 4.39 Å². The fourth-order valence-electron chi connectivity index (χ4n) is 2.01. The average Bonchev–Trinajstić information content (AvgIpc) is 2.16. The second-order valence-electron chi connectivity index (χ2n) is 3.92. The van der Waals surface area contributed by atoms with Gasteiger partial charge in [0.25, 0.3) is 0 Å². The molecule has 0 radical (unpaired) electrons. The summed E-state index contributed by atoms with van der Waals surface area (Å²) in [6, 6.07) is 5.42. The molecule has 2 nitrogen and oxygen atoms in total. The summed E-state index contributed by atoms with van der Waals surface area (Å²) in [5.74, 6) is -0.150. The van der Waals surface area contributed by atoms with Crippen LogP contribution in [0, 0.1) is 5.82 Å². The van der Waals surface area contributed by atoms with Gasteiger partial charge in [0.2, 0.25) is 0 Å². The molecule has 2 N–H and O–H groups in total. The molecule has 0 aliphatic carbocycles. The standard InChI is InChI=1S/C11H15FN2/c1-14-7-9-4-10(12)3-2-8(9)5-11(14)6-13/h2-4,11H,5-7,13H2,1H3. The number of hydrogen-bond acceptors (Lipinski definition) is 2. The van der Waals surface area contributed by atoms with E-state index >= 15 is 0 Å². The van der Waals surface area contributed by atoms with Crippen LogP contribution in [-0.2, 0) is 13.0 Å². The molecule has 0 bridgehead atoms. The first-order valence-corrected chi connectivity index (χ1v) is 4.88. The molecule has 2 rings (SSSR count). The minimum Gasteiger partial charge on any atom is -0.329 e. The highest BCUT2D eigenvalue weighted by atomic mass is 19.1. The van der Waals surface area contributed by atoms with Gasteiger partial charge in [-0.15, -0.1) is 0 Å². The fourth-order valence-corrected chi connectivity index (χ4v) is 2.01. The third-order valence-corrected chi connectivity index (χ3v) is 2.94. The lowest BCUT2D eigenvalue weighted by atomic mass is 9.94. The number of fused-ring (bicyclic) bond motifs is 1. The molecule has 0 fully saturated rings. The van der Waals surface area contributed by atoms with Gasteiger partial charge in [-0.2, -0.15) is 0 Å². The minimum atomic E-state index is -0.150. The van der Waals surface area contributed by atoms with E-state index in [1.807, 2.05) is 13.1 Å². The number of nitrogens with two attached hydrogens (primary N) is 1. The molecule has 0 saturated carbocycles. The predicted molar refractivity (Wildman–Crippen MR) is 54.4 cm³/mol. The number of halogens is 1. The molecule has 76 valence electrons. The molecule has 3 heteroatoms. The number of hydrogen-bond donors (Lipinski definition) is 1. The molecule has 0 aromatic heterocycles. The molecule has 1 aromatic rings. The Morgan fingerprint density at radius 2 is 2.29 bits per heavy atom. The summed E-state index contributed by atoms with van der Waals surface area (Å²) in [6.07, 6.45) is 0.933. The smallest absolute Gasteiger partial charge is 0.123 e. The van der Waals surface area contributed by atoms with Crippen molar-refractivity contribution in [2.24, 2.45) is 5.73 Å². The SMILES string of the molecule is CN1Cc2cc(F)ccc2CC1CN. The Hall–Kier alpha value is -0.930. The lowest BCUT2D eigenvalue weighted by Gasteiger charge is -2.33. The molecule has 1 aliphatic heterocycles. The lowest BCUT2D eigenvalue weighted by molar-refractivity contribution is 0.220. The van der Waals surface area contributed by atoms with Crippen molar-refractivity contribution in [2.75, 3.05) is 13.6 Å². The normalized spacial score (nSPS) is 22.1. The lowest BCUT2D eigenvalue weighted by Crippen LogP contribution is -2.42. The molecule has 1 unspecified atom stereocenters. The van der Waals surface area contributed by atoms with Crippen molar-refractivity contribution in [1.82, 2.24) is 4.90 Å². The van der Waals surface area contributed by atoms with Crippen LogP contribution in [0.1, 0.15) is 11.1 Å². The first-order chi connectivity index (χ1) is 6.70. The van der Waals surface area contributed by atoms with Gasteiger partial charge in [0, 0.05) is 19.1 Å². The molecule has 1 atom stereocenters. The van der Waals surface area contributed by atoms with Crippen LogP contribution >= 0.6 is 0 Å². The Kier molecular flexibility index (Phi) is 2.52. The van der Waals surface area contributed by atoms with E-state index in [4.69, 9.17) is 5.73 Å². The van der Waals surface area contributed by atoms with Gasteiger partial charge in [0.1, 0.15) is 5.82 Å². The Balaban J connectivity index is 2.30. The van der Waals surface area contributed by atoms with E-state index in [0.29, 0.717) is 12.6 Å². The van der Waals surface area contributed by atoms with E-state index in [2.05, 4.69) is 4.90 Å². The summed E-state index contributed by atoms with van der Waals surface area (Å²) in [6.45, 7) is 1.46. The molecule has 14 heavy (non-hydrogen) atoms. The number of benzene rings is 1. The quantitative estimate of drug-likeness (QED) is 0.726. The summed E-state index contributed by atoms with van der Waals surface area (Å²) in [7, 11) is 2.03. The van der Waals surface area contributed by atoms with E-state index in [0.717, 1.165) is 18.5 Å². The molecule has 0 saturated heterocycles. The first-order valence-electron chi connectivity index (χ1n) is 4.88. The minimum absolute atomic E-state index is 0.150. The molecular weight excluding hydrogens is 179 g/mol. The average molecular weight is 194 g/mol. The van der Waals surface area contributed by atoms with Crippen LogP contribution < -0.4 is 5.73 Å². The Morgan fingerprint density at radius 3 is 3.00 bits per heavy atom. The van der Waals surface area contributed by atoms with E-state index in [1.54, 1.807) is 6.07 Å². The third kappa shape index (κ3) is 1.65. The molecule has 1 heterocycles. The predicted octanol–water partition coefficient (Wildman–Crippen LogP) is 1.14. The summed E-state index contributed by atoms with van der Waals surface area (Å²) in [5.41, 5.74) is 8.00. The van der Waals surface area contributed by atoms with Gasteiger partial charge in [-0.05, 0) is 36.7 Å². The number of likely N-dealkylation sites (N-methyl/N-ethyl adjacent to an activating group) is 1. The molecule has 0 amide bonds. The van der Waals surface area contributed by atoms with Crippen molar-refractivity contribution in [3.63, 3.8) is 0 Å². The maximum absolute atomic E-state index is 13.0. The highest BCUT2D eigenvalue weighted by molar-refractivity contribution is 5.30. The molecular formula is C11H15FN2. The Bertz CT molecular complexity index is 338. The van der Waals surface area contributed by atoms with E-state index in [9.17, 15) is 4.39 Å². The van der Waals surface area contributed by atoms with Gasteiger partial charge in [-0.3, -0.25) is 4.90 Å². The van der Waals surface area contributed by atoms with Crippen molar-refractivity contribution in [2.45, 2.75) is 19.0 Å². The topological polar surface area (TPSA) is 29.3 Å². The van der Waals surface area contributed by atoms with E-state index in [1.165, 1.54) is 11.6 Å². The maximum atomic E-state index is 13.0. The van der Waals surface area contributed by atoms with Crippen molar-refractivity contribution in [3.8, 4) is 0 Å². The van der Waals surface area contributed by atoms with Gasteiger partial charge in [-0.1, -0.05) is 6.07 Å². The summed E-state index contributed by atoms with van der Waals surface area (Å²) in [5, 5.41) is 0. The summed E-state index contributed by atoms with van der Waals surface area (Å²) in [4.78, 5) is 2.18. The highest BCUT2D eigenvalue weighted by Crippen LogP contribution is 2.22. The van der Waals surface area contributed by atoms with Crippen LogP contribution in [0.15, 0.2) is 18.2 Å². The maximum Gasteiger partial charge on any atom is 0.123 e. The number of nitrogens with zero attached hydrogens (tertiary/aromatic N) is 1. The van der Waals surface area contributed by atoms with Crippen molar-refractivity contribution in [3.05, 3.63) is 35.1 Å². The van der Waals surface area contributed by atoms with Crippen LogP contribution in [0.25, 0.3) is 0 Å². The zero-order valence-corrected chi connectivity index (χ0v) is 8.33. The van der Waals surface area contributed by atoms with Gasteiger partial charge in [0.15, 0.2) is 0 Å². The van der Waals surface area contributed by atoms with Crippen LogP contribution in [0.4, 0.5) is 4.39 Å². The zero-order chi connectivity index (χ0) is 10.1. The van der Waals surface area contributed by atoms with Crippen molar-refractivity contribution < 1.29 is 4.39 Å². The second-order valence-corrected chi connectivity index (χ2v) is 3.92. The highest BCUT2D eigenvalue weighted by Gasteiger charge is 2.21. The molecule has 0 spiro atoms. The Morgan fingerprint density at radius 1 is 1.50 bits per heavy atom. The summed E-state index contributed by atoms with van der Waals surface area (Å²) >= 11 is 0. The van der Waals surface area contributed by atoms with Gasteiger partial charge >= 0.3 is 0 Å². The van der Waals surface area contributed by atoms with Gasteiger partial charge < -0.3 is 5.73 Å². The summed E-state index contributed by atoms with van der Waals surface area (Å²) < 4.78 is 13.0.